The number of nitrogens with one attached hydrogen (secondary N) is 2. The van der Waals surface area contributed by atoms with Crippen molar-refractivity contribution in [2.24, 2.45) is 4.99 Å². The van der Waals surface area contributed by atoms with Gasteiger partial charge in [-0.05, 0) is 25.5 Å². The van der Waals surface area contributed by atoms with Gasteiger partial charge >= 0.3 is 6.18 Å². The molecule has 0 aromatic carbocycles. The highest BCUT2D eigenvalue weighted by Crippen LogP contribution is 2.19. The molecule has 1 aromatic rings. The van der Waals surface area contributed by atoms with E-state index in [1.165, 1.54) is 4.90 Å². The summed E-state index contributed by atoms with van der Waals surface area (Å²) in [5.41, 5.74) is 0. The first-order valence-electron chi connectivity index (χ1n) is 7.91. The highest BCUT2D eigenvalue weighted by atomic mass is 19.4. The van der Waals surface area contributed by atoms with Gasteiger partial charge in [0.15, 0.2) is 5.96 Å². The average Bonchev–Trinajstić information content (AvgIpc) is 3.09. The lowest BCUT2D eigenvalue weighted by Crippen LogP contribution is -2.45. The van der Waals surface area contributed by atoms with Gasteiger partial charge in [0, 0.05) is 44.6 Å². The molecule has 0 radical (unpaired) electrons. The van der Waals surface area contributed by atoms with Crippen molar-refractivity contribution in [3.8, 4) is 0 Å². The third-order valence-corrected chi connectivity index (χ3v) is 3.65. The fourth-order valence-corrected chi connectivity index (χ4v) is 2.66. The topological polar surface area (TPSA) is 44.6 Å². The summed E-state index contributed by atoms with van der Waals surface area (Å²) in [6, 6.07) is 3.92. The Labute approximate surface area is 134 Å². The molecule has 1 aliphatic heterocycles. The van der Waals surface area contributed by atoms with Crippen molar-refractivity contribution in [3.63, 3.8) is 0 Å². The van der Waals surface area contributed by atoms with Gasteiger partial charge in [-0.2, -0.15) is 13.2 Å². The summed E-state index contributed by atoms with van der Waals surface area (Å²) in [5, 5.41) is 6.37. The molecule has 2 heterocycles. The van der Waals surface area contributed by atoms with Crippen LogP contribution in [0.2, 0.25) is 0 Å². The molecule has 1 fully saturated rings. The molecule has 1 atom stereocenters. The summed E-state index contributed by atoms with van der Waals surface area (Å²) in [4.78, 5) is 5.92. The van der Waals surface area contributed by atoms with E-state index < -0.39 is 12.7 Å². The Kier molecular flexibility index (Phi) is 6.32. The van der Waals surface area contributed by atoms with Gasteiger partial charge in [-0.15, -0.1) is 0 Å². The Morgan fingerprint density at radius 1 is 1.30 bits per heavy atom. The van der Waals surface area contributed by atoms with E-state index in [0.29, 0.717) is 38.6 Å². The minimum Gasteiger partial charge on any atom is -0.357 e. The van der Waals surface area contributed by atoms with Crippen LogP contribution >= 0.6 is 0 Å². The molecule has 0 saturated carbocycles. The number of guanidine groups is 1. The molecule has 5 nitrogen and oxygen atoms in total. The smallest absolute Gasteiger partial charge is 0.357 e. The predicted molar refractivity (Wildman–Crippen MR) is 84.4 cm³/mol. The van der Waals surface area contributed by atoms with Gasteiger partial charge in [-0.1, -0.05) is 0 Å². The number of alkyl halides is 3. The van der Waals surface area contributed by atoms with Gasteiger partial charge in [0.05, 0.1) is 13.1 Å². The molecule has 1 aliphatic rings. The maximum absolute atomic E-state index is 12.4. The zero-order valence-corrected chi connectivity index (χ0v) is 13.3. The number of hydrogen-bond acceptors (Lipinski definition) is 2. The van der Waals surface area contributed by atoms with E-state index in [1.807, 2.05) is 36.0 Å². The summed E-state index contributed by atoms with van der Waals surface area (Å²) >= 11 is 0. The fourth-order valence-electron chi connectivity index (χ4n) is 2.66. The van der Waals surface area contributed by atoms with E-state index in [2.05, 4.69) is 15.6 Å². The highest BCUT2D eigenvalue weighted by molar-refractivity contribution is 5.80. The maximum atomic E-state index is 12.4. The van der Waals surface area contributed by atoms with Gasteiger partial charge < -0.3 is 15.2 Å². The molecule has 0 unspecified atom stereocenters. The van der Waals surface area contributed by atoms with Crippen LogP contribution in [0.15, 0.2) is 29.5 Å². The monoisotopic (exact) mass is 331 g/mol. The number of hydrogen-bond donors (Lipinski definition) is 2. The average molecular weight is 331 g/mol. The van der Waals surface area contributed by atoms with Crippen molar-refractivity contribution in [3.05, 3.63) is 24.5 Å². The van der Waals surface area contributed by atoms with Crippen LogP contribution in [-0.4, -0.2) is 60.4 Å². The Hall–Kier alpha value is -1.70. The first kappa shape index (κ1) is 17.7. The first-order chi connectivity index (χ1) is 11.0. The number of rotatable bonds is 6. The summed E-state index contributed by atoms with van der Waals surface area (Å²) in [6.07, 6.45) is 0.506. The largest absolute Gasteiger partial charge is 0.401 e. The SMILES string of the molecule is CCNC(=NCCn1cccc1)N[C@H]1CCN(CC(F)(F)F)C1. The molecule has 1 saturated heterocycles. The zero-order chi connectivity index (χ0) is 16.7. The second-order valence-electron chi connectivity index (χ2n) is 5.66. The van der Waals surface area contributed by atoms with E-state index in [4.69, 9.17) is 0 Å². The molecule has 130 valence electrons. The van der Waals surface area contributed by atoms with Crippen LogP contribution in [0.3, 0.4) is 0 Å². The molecular formula is C15H24F3N5. The predicted octanol–water partition coefficient (Wildman–Crippen LogP) is 1.68. The van der Waals surface area contributed by atoms with Crippen molar-refractivity contribution >= 4 is 5.96 Å². The van der Waals surface area contributed by atoms with Crippen LogP contribution in [0.1, 0.15) is 13.3 Å². The van der Waals surface area contributed by atoms with Crippen LogP contribution in [0.25, 0.3) is 0 Å². The number of aromatic nitrogens is 1. The van der Waals surface area contributed by atoms with Gasteiger partial charge in [-0.3, -0.25) is 9.89 Å². The van der Waals surface area contributed by atoms with Gasteiger partial charge in [0.25, 0.3) is 0 Å². The van der Waals surface area contributed by atoms with E-state index in [-0.39, 0.29) is 6.04 Å². The molecule has 23 heavy (non-hydrogen) atoms. The third-order valence-electron chi connectivity index (χ3n) is 3.65. The standard InChI is InChI=1S/C15H24F3N5/c1-2-19-14(20-6-10-22-7-3-4-8-22)21-13-5-9-23(11-13)12-15(16,17)18/h3-4,7-8,13H,2,5-6,9-12H2,1H3,(H2,19,20,21)/t13-/m0/s1. The normalized spacial score (nSPS) is 20.0. The van der Waals surface area contributed by atoms with Crippen molar-refractivity contribution in [2.45, 2.75) is 32.1 Å². The number of nitrogens with zero attached hydrogens (tertiary/aromatic N) is 3. The van der Waals surface area contributed by atoms with Gasteiger partial charge in [0.2, 0.25) is 0 Å². The molecule has 2 rings (SSSR count). The van der Waals surface area contributed by atoms with Gasteiger partial charge in [0.1, 0.15) is 0 Å². The van der Waals surface area contributed by atoms with Gasteiger partial charge in [-0.25, -0.2) is 0 Å². The first-order valence-corrected chi connectivity index (χ1v) is 7.91. The van der Waals surface area contributed by atoms with E-state index in [1.54, 1.807) is 0 Å². The van der Waals surface area contributed by atoms with Crippen molar-refractivity contribution < 1.29 is 13.2 Å². The third kappa shape index (κ3) is 6.52. The lowest BCUT2D eigenvalue weighted by molar-refractivity contribution is -0.143. The van der Waals surface area contributed by atoms with E-state index >= 15 is 0 Å². The summed E-state index contributed by atoms with van der Waals surface area (Å²) in [5.74, 6) is 0.665. The summed E-state index contributed by atoms with van der Waals surface area (Å²) in [7, 11) is 0. The molecule has 1 aromatic heterocycles. The molecule has 0 amide bonds. The van der Waals surface area contributed by atoms with E-state index in [9.17, 15) is 13.2 Å². The molecule has 0 bridgehead atoms. The Morgan fingerprint density at radius 3 is 2.70 bits per heavy atom. The number of aliphatic imine (C=N–C) groups is 1. The van der Waals surface area contributed by atoms with Crippen molar-refractivity contribution in [1.82, 2.24) is 20.1 Å². The Balaban J connectivity index is 1.79. The summed E-state index contributed by atoms with van der Waals surface area (Å²) in [6.45, 7) is 4.08. The lowest BCUT2D eigenvalue weighted by atomic mass is 10.3. The molecule has 0 spiro atoms. The summed E-state index contributed by atoms with van der Waals surface area (Å²) < 4.78 is 39.3. The van der Waals surface area contributed by atoms with Crippen molar-refractivity contribution in [2.75, 3.05) is 32.7 Å². The maximum Gasteiger partial charge on any atom is 0.401 e. The second kappa shape index (κ2) is 8.24. The highest BCUT2D eigenvalue weighted by Gasteiger charge is 2.34. The number of likely N-dealkylation sites (tertiary alicyclic amines) is 1. The zero-order valence-electron chi connectivity index (χ0n) is 13.3. The fraction of sp³-hybridized carbons (Fsp3) is 0.667. The minimum atomic E-state index is -4.13. The van der Waals surface area contributed by atoms with E-state index in [0.717, 1.165) is 6.54 Å². The van der Waals surface area contributed by atoms with Crippen LogP contribution in [0, 0.1) is 0 Å². The second-order valence-corrected chi connectivity index (χ2v) is 5.66. The van der Waals surface area contributed by atoms with Crippen LogP contribution in [-0.2, 0) is 6.54 Å². The lowest BCUT2D eigenvalue weighted by Gasteiger charge is -2.19. The Morgan fingerprint density at radius 2 is 2.04 bits per heavy atom. The molecular weight excluding hydrogens is 307 g/mol. The number of halogens is 3. The quantitative estimate of drug-likeness (QED) is 0.616. The minimum absolute atomic E-state index is 0.00160. The van der Waals surface area contributed by atoms with Crippen LogP contribution in [0.4, 0.5) is 13.2 Å². The van der Waals surface area contributed by atoms with Crippen molar-refractivity contribution in [1.29, 1.82) is 0 Å². The van der Waals surface area contributed by atoms with Crippen LogP contribution < -0.4 is 10.6 Å². The molecule has 0 aliphatic carbocycles. The molecule has 2 N–H and O–H groups in total. The van der Waals surface area contributed by atoms with Crippen LogP contribution in [0.5, 0.6) is 0 Å². The Bertz CT molecular complexity index is 484. The molecule has 8 heteroatoms.